The van der Waals surface area contributed by atoms with E-state index < -0.39 is 47.1 Å². The van der Waals surface area contributed by atoms with E-state index >= 15 is 0 Å². The minimum atomic E-state index is -1.26. The fraction of sp³-hybridized carbons (Fsp3) is 0.839. The maximum absolute atomic E-state index is 13.7. The third-order valence-electron chi connectivity index (χ3n) is 8.88. The van der Waals surface area contributed by atoms with E-state index in [0.717, 1.165) is 19.3 Å². The van der Waals surface area contributed by atoms with Gasteiger partial charge in [-0.15, -0.1) is 0 Å². The van der Waals surface area contributed by atoms with Gasteiger partial charge in [-0.2, -0.15) is 0 Å². The van der Waals surface area contributed by atoms with E-state index in [4.69, 9.17) is 14.2 Å². The summed E-state index contributed by atoms with van der Waals surface area (Å²) in [5.74, 6) is -1.99. The average Bonchev–Trinajstić information content (AvgIpc) is 3.35. The van der Waals surface area contributed by atoms with Crippen LogP contribution in [0.3, 0.4) is 0 Å². The molecular formula is C31H54N4O7. The zero-order chi connectivity index (χ0) is 32.0. The normalized spacial score (nSPS) is 31.3. The van der Waals surface area contributed by atoms with Gasteiger partial charge in [0.05, 0.1) is 11.5 Å². The predicted octanol–water partition coefficient (Wildman–Crippen LogP) is 3.24. The fourth-order valence-corrected chi connectivity index (χ4v) is 5.83. The monoisotopic (exact) mass is 594 g/mol. The largest absolute Gasteiger partial charge is 0.476 e. The first kappa shape index (κ1) is 35.5. The van der Waals surface area contributed by atoms with Crippen LogP contribution < -0.4 is 10.6 Å². The summed E-state index contributed by atoms with van der Waals surface area (Å²) >= 11 is 0. The number of cyclic esters (lactones) is 1. The standard InChI is InChI=1S/C31H54N4O7/c1-12-14-22(40-11)16-15-19(4)24-30(7,8)28(38)33-20(5)26-34-31(9,17-41-26)29(39)35(10)23(18(3)13-2)25(36)32-21(6)27(37)42-24/h18-24H,12-17H2,1-11H3,(H,32,36)(H,33,38)/t18-,19+,20-,21-,22-,23-,24-,31-/m0/s1. The average molecular weight is 595 g/mol. The summed E-state index contributed by atoms with van der Waals surface area (Å²) in [5.41, 5.74) is -2.41. The van der Waals surface area contributed by atoms with Gasteiger partial charge in [0.1, 0.15) is 30.8 Å². The summed E-state index contributed by atoms with van der Waals surface area (Å²) < 4.78 is 17.5. The minimum Gasteiger partial charge on any atom is -0.476 e. The molecule has 0 aliphatic carbocycles. The van der Waals surface area contributed by atoms with Crippen molar-refractivity contribution < 1.29 is 33.4 Å². The van der Waals surface area contributed by atoms with Crippen LogP contribution in [0.25, 0.3) is 0 Å². The van der Waals surface area contributed by atoms with Crippen molar-refractivity contribution in [2.45, 2.75) is 130 Å². The zero-order valence-corrected chi connectivity index (χ0v) is 27.5. The van der Waals surface area contributed by atoms with Crippen molar-refractivity contribution >= 4 is 29.6 Å². The molecule has 2 N–H and O–H groups in total. The minimum absolute atomic E-state index is 0.0138. The van der Waals surface area contributed by atoms with Crippen LogP contribution in [-0.4, -0.2) is 91.1 Å². The number of amides is 3. The molecule has 3 amide bonds. The number of aliphatic imine (C=N–C) groups is 1. The Bertz CT molecular complexity index is 1020. The Morgan fingerprint density at radius 1 is 1.00 bits per heavy atom. The summed E-state index contributed by atoms with van der Waals surface area (Å²) in [5, 5.41) is 5.74. The Morgan fingerprint density at radius 2 is 1.64 bits per heavy atom. The van der Waals surface area contributed by atoms with Crippen LogP contribution in [0, 0.1) is 17.3 Å². The van der Waals surface area contributed by atoms with Gasteiger partial charge < -0.3 is 29.7 Å². The Morgan fingerprint density at radius 3 is 2.21 bits per heavy atom. The van der Waals surface area contributed by atoms with E-state index in [1.54, 1.807) is 48.8 Å². The molecule has 11 nitrogen and oxygen atoms in total. The van der Waals surface area contributed by atoms with Crippen molar-refractivity contribution in [1.29, 1.82) is 0 Å². The van der Waals surface area contributed by atoms with Gasteiger partial charge in [0.25, 0.3) is 5.91 Å². The molecule has 2 aliphatic rings. The third-order valence-corrected chi connectivity index (χ3v) is 8.88. The predicted molar refractivity (Wildman–Crippen MR) is 161 cm³/mol. The second-order valence-corrected chi connectivity index (χ2v) is 13.0. The first-order valence-corrected chi connectivity index (χ1v) is 15.4. The lowest BCUT2D eigenvalue weighted by Gasteiger charge is -2.38. The molecule has 2 rings (SSSR count). The van der Waals surface area contributed by atoms with Crippen molar-refractivity contribution in [2.75, 3.05) is 20.8 Å². The van der Waals surface area contributed by atoms with Gasteiger partial charge in [0.15, 0.2) is 5.54 Å². The highest BCUT2D eigenvalue weighted by atomic mass is 16.5. The van der Waals surface area contributed by atoms with Crippen LogP contribution in [0.2, 0.25) is 0 Å². The van der Waals surface area contributed by atoms with E-state index in [9.17, 15) is 19.2 Å². The van der Waals surface area contributed by atoms with Crippen LogP contribution >= 0.6 is 0 Å². The molecule has 240 valence electrons. The van der Waals surface area contributed by atoms with Crippen LogP contribution in [-0.2, 0) is 33.4 Å². The lowest BCUT2D eigenvalue weighted by molar-refractivity contribution is -0.167. The molecular weight excluding hydrogens is 540 g/mol. The molecule has 2 heterocycles. The smallest absolute Gasteiger partial charge is 0.328 e. The fourth-order valence-electron chi connectivity index (χ4n) is 5.83. The maximum Gasteiger partial charge on any atom is 0.328 e. The quantitative estimate of drug-likeness (QED) is 0.391. The highest BCUT2D eigenvalue weighted by Gasteiger charge is 2.48. The number of nitrogens with zero attached hydrogens (tertiary/aromatic N) is 2. The molecule has 0 spiro atoms. The van der Waals surface area contributed by atoms with E-state index in [1.807, 2.05) is 20.8 Å². The molecule has 8 atom stereocenters. The Kier molecular flexibility index (Phi) is 12.4. The number of ether oxygens (including phenoxy) is 3. The summed E-state index contributed by atoms with van der Waals surface area (Å²) in [6.45, 7) is 16.3. The van der Waals surface area contributed by atoms with E-state index in [-0.39, 0.29) is 42.3 Å². The number of likely N-dealkylation sites (N-methyl/N-ethyl adjacent to an activating group) is 1. The van der Waals surface area contributed by atoms with Crippen molar-refractivity contribution in [1.82, 2.24) is 15.5 Å². The first-order chi connectivity index (χ1) is 19.5. The number of rotatable bonds is 9. The molecule has 0 aromatic heterocycles. The van der Waals surface area contributed by atoms with Crippen LogP contribution in [0.4, 0.5) is 0 Å². The van der Waals surface area contributed by atoms with Gasteiger partial charge in [-0.25, -0.2) is 9.79 Å². The molecule has 2 aliphatic heterocycles. The van der Waals surface area contributed by atoms with Gasteiger partial charge in [-0.3, -0.25) is 14.4 Å². The molecule has 0 aromatic rings. The van der Waals surface area contributed by atoms with Crippen LogP contribution in [0.5, 0.6) is 0 Å². The topological polar surface area (TPSA) is 136 Å². The Hall–Kier alpha value is -2.69. The van der Waals surface area contributed by atoms with Crippen molar-refractivity contribution in [3.8, 4) is 0 Å². The SMILES string of the molecule is CCC[C@@H](CC[C@@H](C)[C@@H]1OC(=O)[C@H](C)NC(=O)[C@H]([C@@H](C)CC)N(C)C(=O)[C@]2(C)COC(=N2)[C@H](C)NC(=O)C1(C)C)OC. The highest BCUT2D eigenvalue weighted by molar-refractivity contribution is 5.98. The van der Waals surface area contributed by atoms with Crippen molar-refractivity contribution in [3.05, 3.63) is 0 Å². The van der Waals surface area contributed by atoms with Crippen LogP contribution in [0.1, 0.15) is 94.4 Å². The maximum atomic E-state index is 13.7. The number of esters is 1. The van der Waals surface area contributed by atoms with Gasteiger partial charge >= 0.3 is 5.97 Å². The lowest BCUT2D eigenvalue weighted by atomic mass is 9.77. The molecule has 0 aromatic carbocycles. The van der Waals surface area contributed by atoms with E-state index in [1.165, 1.54) is 4.90 Å². The van der Waals surface area contributed by atoms with Crippen molar-refractivity contribution in [3.63, 3.8) is 0 Å². The number of hydrogen-bond donors (Lipinski definition) is 2. The third kappa shape index (κ3) is 8.02. The Balaban J connectivity index is 2.53. The van der Waals surface area contributed by atoms with Gasteiger partial charge in [0.2, 0.25) is 17.7 Å². The first-order valence-electron chi connectivity index (χ1n) is 15.4. The van der Waals surface area contributed by atoms with Crippen molar-refractivity contribution in [2.24, 2.45) is 22.2 Å². The van der Waals surface area contributed by atoms with Gasteiger partial charge in [-0.05, 0) is 65.7 Å². The van der Waals surface area contributed by atoms with Gasteiger partial charge in [0, 0.05) is 14.2 Å². The number of hydrogen-bond acceptors (Lipinski definition) is 8. The molecule has 0 saturated carbocycles. The summed E-state index contributed by atoms with van der Waals surface area (Å²) in [6.07, 6.45) is 3.22. The Labute approximate surface area is 251 Å². The lowest BCUT2D eigenvalue weighted by Crippen LogP contribution is -2.58. The molecule has 11 heteroatoms. The molecule has 0 saturated heterocycles. The van der Waals surface area contributed by atoms with Gasteiger partial charge in [-0.1, -0.05) is 40.5 Å². The molecule has 42 heavy (non-hydrogen) atoms. The number of carbonyl (C=O) groups is 4. The van der Waals surface area contributed by atoms with E-state index in [2.05, 4.69) is 22.5 Å². The second-order valence-electron chi connectivity index (χ2n) is 13.0. The molecule has 0 unspecified atom stereocenters. The van der Waals surface area contributed by atoms with Crippen LogP contribution in [0.15, 0.2) is 4.99 Å². The molecule has 2 bridgehead atoms. The van der Waals surface area contributed by atoms with E-state index in [0.29, 0.717) is 12.8 Å². The molecule has 0 radical (unpaired) electrons. The number of methoxy groups -OCH3 is 1. The highest BCUT2D eigenvalue weighted by Crippen LogP contribution is 2.34. The second kappa shape index (κ2) is 14.7. The summed E-state index contributed by atoms with van der Waals surface area (Å²) in [6, 6.07) is -2.48. The number of nitrogens with one attached hydrogen (secondary N) is 2. The zero-order valence-electron chi connectivity index (χ0n) is 27.5. The summed E-state index contributed by atoms with van der Waals surface area (Å²) in [4.78, 5) is 60.5. The number of fused-ring (bicyclic) bond motifs is 1. The number of carbonyl (C=O) groups excluding carboxylic acids is 4. The summed E-state index contributed by atoms with van der Waals surface area (Å²) in [7, 11) is 3.26. The molecule has 0 fully saturated rings.